The fraction of sp³-hybridized carbons (Fsp3) is 0.333. The second-order valence-electron chi connectivity index (χ2n) is 2.33. The molecule has 0 aromatic carbocycles. The highest BCUT2D eigenvalue weighted by Crippen LogP contribution is 1.82. The molecular formula is C6H7N3O4S. The molecule has 1 heterocycles. The fourth-order valence-electron chi connectivity index (χ4n) is 0.705. The van der Waals surface area contributed by atoms with Crippen LogP contribution < -0.4 is 10.2 Å². The predicted octanol–water partition coefficient (Wildman–Crippen LogP) is -1.49. The second-order valence-corrected chi connectivity index (χ2v) is 3.13. The number of aromatic nitrogens is 2. The van der Waals surface area contributed by atoms with E-state index < -0.39 is 18.4 Å². The van der Waals surface area contributed by atoms with Gasteiger partial charge in [0.1, 0.15) is 18.6 Å². The number of carbonyl (C=O) groups is 2. The van der Waals surface area contributed by atoms with Crippen LogP contribution in [0.15, 0.2) is 10.3 Å². The Balaban J connectivity index is 2.46. The molecule has 0 unspecified atom stereocenters. The van der Waals surface area contributed by atoms with Gasteiger partial charge in [0.15, 0.2) is 0 Å². The first-order chi connectivity index (χ1) is 6.59. The molecule has 0 bridgehead atoms. The van der Waals surface area contributed by atoms with Crippen LogP contribution in [0.25, 0.3) is 0 Å². The maximum atomic E-state index is 11.0. The number of aliphatic carboxylic acids is 1. The Kier molecular flexibility index (Phi) is 3.35. The van der Waals surface area contributed by atoms with Gasteiger partial charge in [-0.3, -0.25) is 14.4 Å². The molecular weight excluding hydrogens is 210 g/mol. The zero-order valence-corrected chi connectivity index (χ0v) is 7.78. The molecule has 76 valence electrons. The van der Waals surface area contributed by atoms with Crippen LogP contribution in [0.1, 0.15) is 0 Å². The summed E-state index contributed by atoms with van der Waals surface area (Å²) in [6.07, 6.45) is 0. The van der Waals surface area contributed by atoms with Gasteiger partial charge in [0, 0.05) is 0 Å². The Hall–Kier alpha value is -1.70. The number of carboxylic acid groups (broad SMARTS) is 1. The molecule has 2 N–H and O–H groups in total. The van der Waals surface area contributed by atoms with Crippen LogP contribution in [0.3, 0.4) is 0 Å². The fourth-order valence-corrected chi connectivity index (χ4v) is 1.19. The van der Waals surface area contributed by atoms with Gasteiger partial charge in [0.25, 0.3) is 0 Å². The van der Waals surface area contributed by atoms with Gasteiger partial charge >= 0.3 is 10.8 Å². The quantitative estimate of drug-likeness (QED) is 0.639. The summed E-state index contributed by atoms with van der Waals surface area (Å²) in [4.78, 5) is 31.6. The van der Waals surface area contributed by atoms with Crippen LogP contribution in [0.5, 0.6) is 0 Å². The lowest BCUT2D eigenvalue weighted by atomic mass is 10.5. The van der Waals surface area contributed by atoms with Crippen LogP contribution in [-0.4, -0.2) is 33.3 Å². The Morgan fingerprint density at radius 2 is 2.36 bits per heavy atom. The summed E-state index contributed by atoms with van der Waals surface area (Å²) in [5.41, 5.74) is 1.31. The van der Waals surface area contributed by atoms with E-state index in [1.807, 2.05) is 0 Å². The first-order valence-corrected chi connectivity index (χ1v) is 4.46. The Morgan fingerprint density at radius 3 is 2.86 bits per heavy atom. The Bertz CT molecular complexity index is 396. The van der Waals surface area contributed by atoms with E-state index in [-0.39, 0.29) is 11.4 Å². The number of carbonyl (C=O) groups excluding carboxylic acids is 1. The minimum absolute atomic E-state index is 0.254. The molecule has 1 rings (SSSR count). The molecule has 0 atom stereocenters. The topological polar surface area (TPSA) is 101 Å². The third-order valence-corrected chi connectivity index (χ3v) is 1.89. The van der Waals surface area contributed by atoms with Gasteiger partial charge in [0.05, 0.1) is 0 Å². The van der Waals surface area contributed by atoms with Crippen molar-refractivity contribution in [3.8, 4) is 0 Å². The lowest BCUT2D eigenvalue weighted by molar-refractivity contribution is -0.138. The minimum atomic E-state index is -1.14. The first kappa shape index (κ1) is 10.4. The lowest BCUT2D eigenvalue weighted by Crippen LogP contribution is -2.34. The molecule has 1 amide bonds. The molecule has 0 saturated heterocycles. The number of nitrogens with one attached hydrogen (secondary N) is 1. The van der Waals surface area contributed by atoms with E-state index in [4.69, 9.17) is 5.11 Å². The predicted molar refractivity (Wildman–Crippen MR) is 47.0 cm³/mol. The molecule has 0 radical (unpaired) electrons. The monoisotopic (exact) mass is 217 g/mol. The summed E-state index contributed by atoms with van der Waals surface area (Å²) in [5.74, 6) is -1.69. The van der Waals surface area contributed by atoms with Gasteiger partial charge in [-0.05, 0) is 0 Å². The van der Waals surface area contributed by atoms with Crippen molar-refractivity contribution in [1.29, 1.82) is 0 Å². The van der Waals surface area contributed by atoms with Crippen molar-refractivity contribution in [2.24, 2.45) is 0 Å². The van der Waals surface area contributed by atoms with Gasteiger partial charge in [-0.2, -0.15) is 5.10 Å². The summed E-state index contributed by atoms with van der Waals surface area (Å²) in [5, 5.41) is 14.0. The van der Waals surface area contributed by atoms with E-state index in [0.29, 0.717) is 0 Å². The molecule has 0 fully saturated rings. The van der Waals surface area contributed by atoms with Crippen LogP contribution in [0.2, 0.25) is 0 Å². The van der Waals surface area contributed by atoms with Crippen molar-refractivity contribution in [1.82, 2.24) is 15.1 Å². The molecule has 0 aliphatic heterocycles. The second kappa shape index (κ2) is 4.51. The largest absolute Gasteiger partial charge is 0.480 e. The molecule has 8 heteroatoms. The number of hydrogen-bond acceptors (Lipinski definition) is 5. The van der Waals surface area contributed by atoms with E-state index >= 15 is 0 Å². The van der Waals surface area contributed by atoms with Crippen molar-refractivity contribution in [2.75, 3.05) is 6.54 Å². The normalized spacial score (nSPS) is 9.71. The maximum absolute atomic E-state index is 11.0. The van der Waals surface area contributed by atoms with Crippen LogP contribution >= 0.6 is 11.3 Å². The summed E-state index contributed by atoms with van der Waals surface area (Å²) < 4.78 is 0.960. The van der Waals surface area contributed by atoms with Crippen LogP contribution in [0.4, 0.5) is 0 Å². The number of amides is 1. The summed E-state index contributed by atoms with van der Waals surface area (Å²) in [6.45, 7) is -0.715. The van der Waals surface area contributed by atoms with Gasteiger partial charge < -0.3 is 10.4 Å². The molecule has 0 aliphatic rings. The van der Waals surface area contributed by atoms with E-state index in [1.165, 1.54) is 5.51 Å². The standard InChI is InChI=1S/C6H7N3O4S/c10-4(7-1-5(11)12)2-9-6(13)14-3-8-9/h3H,1-2H2,(H,7,10)(H,11,12). The van der Waals surface area contributed by atoms with Crippen LogP contribution in [0, 0.1) is 0 Å². The number of nitrogens with zero attached hydrogens (tertiary/aromatic N) is 2. The van der Waals surface area contributed by atoms with Crippen molar-refractivity contribution >= 4 is 23.2 Å². The van der Waals surface area contributed by atoms with E-state index in [0.717, 1.165) is 16.0 Å². The minimum Gasteiger partial charge on any atom is -0.480 e. The molecule has 1 aromatic heterocycles. The third-order valence-electron chi connectivity index (χ3n) is 1.28. The third kappa shape index (κ3) is 2.98. The molecule has 0 saturated carbocycles. The molecule has 1 aromatic rings. The average Bonchev–Trinajstić information content (AvgIpc) is 2.49. The Morgan fingerprint density at radius 1 is 1.64 bits per heavy atom. The zero-order valence-electron chi connectivity index (χ0n) is 6.97. The Labute approximate surface area is 82.0 Å². The molecule has 0 aliphatic carbocycles. The average molecular weight is 217 g/mol. The van der Waals surface area contributed by atoms with Crippen molar-refractivity contribution in [3.05, 3.63) is 15.2 Å². The molecule has 0 spiro atoms. The van der Waals surface area contributed by atoms with Gasteiger partial charge in [-0.1, -0.05) is 11.3 Å². The lowest BCUT2D eigenvalue weighted by Gasteiger charge is -2.00. The van der Waals surface area contributed by atoms with Gasteiger partial charge in [0.2, 0.25) is 5.91 Å². The molecule has 7 nitrogen and oxygen atoms in total. The highest BCUT2D eigenvalue weighted by atomic mass is 32.1. The van der Waals surface area contributed by atoms with Gasteiger partial charge in [-0.15, -0.1) is 0 Å². The summed E-state index contributed by atoms with van der Waals surface area (Å²) in [6, 6.07) is 0. The highest BCUT2D eigenvalue weighted by molar-refractivity contribution is 7.06. The summed E-state index contributed by atoms with van der Waals surface area (Å²) in [7, 11) is 0. The smallest absolute Gasteiger partial charge is 0.325 e. The summed E-state index contributed by atoms with van der Waals surface area (Å²) >= 11 is 0.871. The zero-order chi connectivity index (χ0) is 10.6. The number of hydrogen-bond donors (Lipinski definition) is 2. The van der Waals surface area contributed by atoms with Crippen molar-refractivity contribution < 1.29 is 14.7 Å². The van der Waals surface area contributed by atoms with Crippen molar-refractivity contribution in [2.45, 2.75) is 6.54 Å². The maximum Gasteiger partial charge on any atom is 0.325 e. The van der Waals surface area contributed by atoms with E-state index in [2.05, 4.69) is 10.4 Å². The highest BCUT2D eigenvalue weighted by Gasteiger charge is 2.06. The molecule has 14 heavy (non-hydrogen) atoms. The number of carboxylic acids is 1. The SMILES string of the molecule is O=C(O)CNC(=O)Cn1ncsc1=O. The van der Waals surface area contributed by atoms with E-state index in [9.17, 15) is 14.4 Å². The van der Waals surface area contributed by atoms with E-state index in [1.54, 1.807) is 0 Å². The number of rotatable bonds is 4. The first-order valence-electron chi connectivity index (χ1n) is 3.58. The van der Waals surface area contributed by atoms with Crippen molar-refractivity contribution in [3.63, 3.8) is 0 Å². The van der Waals surface area contributed by atoms with Crippen LogP contribution in [-0.2, 0) is 16.1 Å². The van der Waals surface area contributed by atoms with Gasteiger partial charge in [-0.25, -0.2) is 4.68 Å².